The predicted octanol–water partition coefficient (Wildman–Crippen LogP) is 4.25. The quantitative estimate of drug-likeness (QED) is 0.825. The molecule has 2 N–H and O–H groups in total. The highest BCUT2D eigenvalue weighted by atomic mass is 16.5. The van der Waals surface area contributed by atoms with Crippen LogP contribution in [0.25, 0.3) is 0 Å². The average molecular weight is 370 g/mol. The summed E-state index contributed by atoms with van der Waals surface area (Å²) in [7, 11) is 3.06. The van der Waals surface area contributed by atoms with Gasteiger partial charge in [-0.05, 0) is 42.8 Å². The number of carbonyl (C=O) groups excluding carboxylic acids is 2. The summed E-state index contributed by atoms with van der Waals surface area (Å²) in [4.78, 5) is 24.8. The molecule has 0 saturated carbocycles. The Labute approximate surface area is 159 Å². The Morgan fingerprint density at radius 1 is 0.889 bits per heavy atom. The van der Waals surface area contributed by atoms with Crippen LogP contribution in [0.5, 0.6) is 11.5 Å². The zero-order valence-corrected chi connectivity index (χ0v) is 16.6. The van der Waals surface area contributed by atoms with Crippen molar-refractivity contribution < 1.29 is 19.1 Å². The molecule has 0 aliphatic carbocycles. The molecular formula is C21H26N2O4. The molecule has 0 atom stereocenters. The van der Waals surface area contributed by atoms with Crippen LogP contribution in [0.4, 0.5) is 11.4 Å². The van der Waals surface area contributed by atoms with Gasteiger partial charge in [0.1, 0.15) is 0 Å². The Kier molecular flexibility index (Phi) is 6.10. The van der Waals surface area contributed by atoms with E-state index < -0.39 is 5.41 Å². The monoisotopic (exact) mass is 370 g/mol. The van der Waals surface area contributed by atoms with Gasteiger partial charge in [0, 0.05) is 22.4 Å². The first-order chi connectivity index (χ1) is 12.7. The topological polar surface area (TPSA) is 76.7 Å². The molecule has 2 aromatic rings. The van der Waals surface area contributed by atoms with Gasteiger partial charge >= 0.3 is 0 Å². The highest BCUT2D eigenvalue weighted by Crippen LogP contribution is 2.28. The highest BCUT2D eigenvalue weighted by molar-refractivity contribution is 6.05. The number of benzene rings is 2. The molecule has 0 aromatic heterocycles. The SMILES string of the molecule is COc1ccc(C(=O)Nc2cc(NC(=O)C(C)(C)C)ccc2C)cc1OC. The smallest absolute Gasteiger partial charge is 0.255 e. The molecule has 0 spiro atoms. The van der Waals surface area contributed by atoms with Crippen molar-refractivity contribution in [3.05, 3.63) is 47.5 Å². The van der Waals surface area contributed by atoms with Crippen LogP contribution >= 0.6 is 0 Å². The molecule has 0 radical (unpaired) electrons. The van der Waals surface area contributed by atoms with E-state index in [-0.39, 0.29) is 11.8 Å². The molecule has 2 amide bonds. The third kappa shape index (κ3) is 5.00. The van der Waals surface area contributed by atoms with Gasteiger partial charge in [0.15, 0.2) is 11.5 Å². The van der Waals surface area contributed by atoms with Crippen molar-refractivity contribution in [3.63, 3.8) is 0 Å². The second-order valence-electron chi connectivity index (χ2n) is 7.26. The summed E-state index contributed by atoms with van der Waals surface area (Å²) in [5.41, 5.74) is 2.08. The Hall–Kier alpha value is -3.02. The summed E-state index contributed by atoms with van der Waals surface area (Å²) in [6, 6.07) is 10.4. The van der Waals surface area contributed by atoms with E-state index in [9.17, 15) is 9.59 Å². The summed E-state index contributed by atoms with van der Waals surface area (Å²) < 4.78 is 10.4. The van der Waals surface area contributed by atoms with Crippen molar-refractivity contribution in [1.29, 1.82) is 0 Å². The Bertz CT molecular complexity index is 854. The number of rotatable bonds is 5. The van der Waals surface area contributed by atoms with Crippen molar-refractivity contribution in [2.45, 2.75) is 27.7 Å². The first-order valence-electron chi connectivity index (χ1n) is 8.61. The van der Waals surface area contributed by atoms with E-state index in [1.807, 2.05) is 39.8 Å². The van der Waals surface area contributed by atoms with Crippen molar-refractivity contribution in [2.24, 2.45) is 5.41 Å². The first kappa shape index (κ1) is 20.3. The van der Waals surface area contributed by atoms with Crippen molar-refractivity contribution in [3.8, 4) is 11.5 Å². The van der Waals surface area contributed by atoms with Crippen LogP contribution in [0.1, 0.15) is 36.7 Å². The lowest BCUT2D eigenvalue weighted by atomic mass is 9.95. The molecule has 0 aliphatic rings. The van der Waals surface area contributed by atoms with Crippen LogP contribution in [0.2, 0.25) is 0 Å². The Morgan fingerprint density at radius 3 is 2.15 bits per heavy atom. The standard InChI is InChI=1S/C21H26N2O4/c1-13-7-9-15(22-20(25)21(2,3)4)12-16(13)23-19(24)14-8-10-17(26-5)18(11-14)27-6/h7-12H,1-6H3,(H,22,25)(H,23,24). The van der Waals surface area contributed by atoms with Gasteiger partial charge in [-0.25, -0.2) is 0 Å². The molecular weight excluding hydrogens is 344 g/mol. The zero-order valence-electron chi connectivity index (χ0n) is 16.6. The normalized spacial score (nSPS) is 10.9. The van der Waals surface area contributed by atoms with Crippen molar-refractivity contribution in [2.75, 3.05) is 24.9 Å². The lowest BCUT2D eigenvalue weighted by Gasteiger charge is -2.18. The molecule has 0 unspecified atom stereocenters. The number of carbonyl (C=O) groups is 2. The van der Waals surface area contributed by atoms with Gasteiger partial charge in [0.05, 0.1) is 14.2 Å². The third-order valence-electron chi connectivity index (χ3n) is 4.07. The minimum atomic E-state index is -0.506. The first-order valence-corrected chi connectivity index (χ1v) is 8.61. The fourth-order valence-electron chi connectivity index (χ4n) is 2.32. The molecule has 2 aromatic carbocycles. The summed E-state index contributed by atoms with van der Waals surface area (Å²) in [5.74, 6) is 0.659. The van der Waals surface area contributed by atoms with E-state index in [1.165, 1.54) is 7.11 Å². The Balaban J connectivity index is 2.22. The molecule has 0 heterocycles. The maximum absolute atomic E-state index is 12.6. The number of nitrogens with one attached hydrogen (secondary N) is 2. The van der Waals surface area contributed by atoms with E-state index in [1.54, 1.807) is 31.4 Å². The summed E-state index contributed by atoms with van der Waals surface area (Å²) in [6.45, 7) is 7.42. The number of aryl methyl sites for hydroxylation is 1. The zero-order chi connectivity index (χ0) is 20.2. The van der Waals surface area contributed by atoms with Gasteiger partial charge in [-0.2, -0.15) is 0 Å². The largest absolute Gasteiger partial charge is 0.493 e. The van der Waals surface area contributed by atoms with Crippen molar-refractivity contribution in [1.82, 2.24) is 0 Å². The molecule has 2 rings (SSSR count). The second-order valence-corrected chi connectivity index (χ2v) is 7.26. The molecule has 6 nitrogen and oxygen atoms in total. The maximum Gasteiger partial charge on any atom is 0.255 e. The summed E-state index contributed by atoms with van der Waals surface area (Å²) in [6.07, 6.45) is 0. The van der Waals surface area contributed by atoms with Gasteiger partial charge in [-0.3, -0.25) is 9.59 Å². The number of anilines is 2. The number of amides is 2. The second kappa shape index (κ2) is 8.12. The van der Waals surface area contributed by atoms with E-state index >= 15 is 0 Å². The van der Waals surface area contributed by atoms with Gasteiger partial charge in [0.25, 0.3) is 5.91 Å². The Morgan fingerprint density at radius 2 is 1.56 bits per heavy atom. The maximum atomic E-state index is 12.6. The molecule has 0 aliphatic heterocycles. The third-order valence-corrected chi connectivity index (χ3v) is 4.07. The van der Waals surface area contributed by atoms with Gasteiger partial charge in [-0.1, -0.05) is 26.8 Å². The van der Waals surface area contributed by atoms with Crippen molar-refractivity contribution >= 4 is 23.2 Å². The molecule has 0 fully saturated rings. The molecule has 0 bridgehead atoms. The fraction of sp³-hybridized carbons (Fsp3) is 0.333. The molecule has 6 heteroatoms. The number of ether oxygens (including phenoxy) is 2. The lowest BCUT2D eigenvalue weighted by Crippen LogP contribution is -2.27. The molecule has 0 saturated heterocycles. The number of methoxy groups -OCH3 is 2. The molecule has 144 valence electrons. The van der Waals surface area contributed by atoms with Crippen LogP contribution in [0.3, 0.4) is 0 Å². The lowest BCUT2D eigenvalue weighted by molar-refractivity contribution is -0.123. The summed E-state index contributed by atoms with van der Waals surface area (Å²) in [5, 5.41) is 5.75. The van der Waals surface area contributed by atoms with E-state index in [2.05, 4.69) is 10.6 Å². The highest BCUT2D eigenvalue weighted by Gasteiger charge is 2.21. The van der Waals surface area contributed by atoms with Gasteiger partial charge < -0.3 is 20.1 Å². The number of hydrogen-bond acceptors (Lipinski definition) is 4. The summed E-state index contributed by atoms with van der Waals surface area (Å²) >= 11 is 0. The van der Waals surface area contributed by atoms with E-state index in [0.29, 0.717) is 28.4 Å². The minimum absolute atomic E-state index is 0.0940. The molecule has 27 heavy (non-hydrogen) atoms. The van der Waals surface area contributed by atoms with Crippen LogP contribution < -0.4 is 20.1 Å². The predicted molar refractivity (Wildman–Crippen MR) is 107 cm³/mol. The fourth-order valence-corrected chi connectivity index (χ4v) is 2.32. The van der Waals surface area contributed by atoms with E-state index in [0.717, 1.165) is 5.56 Å². The van der Waals surface area contributed by atoms with Crippen LogP contribution in [-0.2, 0) is 4.79 Å². The van der Waals surface area contributed by atoms with Gasteiger partial charge in [-0.15, -0.1) is 0 Å². The minimum Gasteiger partial charge on any atom is -0.493 e. The van der Waals surface area contributed by atoms with E-state index in [4.69, 9.17) is 9.47 Å². The van der Waals surface area contributed by atoms with Gasteiger partial charge in [0.2, 0.25) is 5.91 Å². The van der Waals surface area contributed by atoms with Crippen LogP contribution in [-0.4, -0.2) is 26.0 Å². The van der Waals surface area contributed by atoms with Crippen LogP contribution in [0.15, 0.2) is 36.4 Å². The average Bonchev–Trinajstić information content (AvgIpc) is 2.62. The number of hydrogen-bond donors (Lipinski definition) is 2. The van der Waals surface area contributed by atoms with Crippen LogP contribution in [0, 0.1) is 12.3 Å².